The first-order valence-corrected chi connectivity index (χ1v) is 8.70. The Morgan fingerprint density at radius 1 is 1.45 bits per heavy atom. The monoisotopic (exact) mass is 339 g/mol. The van der Waals surface area contributed by atoms with Crippen LogP contribution in [0.25, 0.3) is 0 Å². The first-order valence-electron chi connectivity index (χ1n) is 6.90. The van der Waals surface area contributed by atoms with Crippen LogP contribution in [0.3, 0.4) is 0 Å². The number of hydrogen-bond donors (Lipinski definition) is 1. The molecule has 118 valence electrons. The van der Waals surface area contributed by atoms with Crippen LogP contribution in [0.15, 0.2) is 28.6 Å². The molecular formula is C14H17N3O3S2. The van der Waals surface area contributed by atoms with Crippen molar-refractivity contribution in [3.05, 3.63) is 24.3 Å². The molecule has 0 spiro atoms. The smallest absolute Gasteiger partial charge is 0.210 e. The Bertz CT molecular complexity index is 603. The Balaban J connectivity index is 1.54. The second kappa shape index (κ2) is 7.77. The van der Waals surface area contributed by atoms with Gasteiger partial charge in [0.15, 0.2) is 4.34 Å². The van der Waals surface area contributed by atoms with E-state index in [9.17, 15) is 0 Å². The van der Waals surface area contributed by atoms with Crippen LogP contribution in [-0.2, 0) is 9.47 Å². The third-order valence-corrected chi connectivity index (χ3v) is 5.20. The van der Waals surface area contributed by atoms with Crippen LogP contribution in [0.2, 0.25) is 0 Å². The second-order valence-electron chi connectivity index (χ2n) is 4.64. The minimum absolute atomic E-state index is 0.234. The molecule has 1 saturated heterocycles. The predicted octanol–water partition coefficient (Wildman–Crippen LogP) is 3.15. The lowest BCUT2D eigenvalue weighted by atomic mass is 10.3. The van der Waals surface area contributed by atoms with E-state index in [1.165, 1.54) is 11.3 Å². The van der Waals surface area contributed by atoms with Crippen LogP contribution in [0.1, 0.15) is 6.42 Å². The summed E-state index contributed by atoms with van der Waals surface area (Å²) in [5, 5.41) is 12.4. The summed E-state index contributed by atoms with van der Waals surface area (Å²) in [5.41, 5.74) is 0.930. The minimum Gasteiger partial charge on any atom is -0.497 e. The zero-order chi connectivity index (χ0) is 15.2. The van der Waals surface area contributed by atoms with Crippen LogP contribution in [0.4, 0.5) is 10.8 Å². The summed E-state index contributed by atoms with van der Waals surface area (Å²) in [7, 11) is 1.65. The van der Waals surface area contributed by atoms with Gasteiger partial charge in [0.25, 0.3) is 0 Å². The first-order chi connectivity index (χ1) is 10.8. The lowest BCUT2D eigenvalue weighted by Crippen LogP contribution is -2.25. The number of hydrogen-bond acceptors (Lipinski definition) is 8. The van der Waals surface area contributed by atoms with Crippen molar-refractivity contribution < 1.29 is 14.2 Å². The second-order valence-corrected chi connectivity index (χ2v) is 6.89. The summed E-state index contributed by atoms with van der Waals surface area (Å²) in [5.74, 6) is 1.68. The van der Waals surface area contributed by atoms with Crippen molar-refractivity contribution in [2.45, 2.75) is 16.9 Å². The third kappa shape index (κ3) is 4.33. The zero-order valence-electron chi connectivity index (χ0n) is 12.2. The number of thioether (sulfide) groups is 1. The third-order valence-electron chi connectivity index (χ3n) is 3.09. The van der Waals surface area contributed by atoms with Gasteiger partial charge in [-0.3, -0.25) is 0 Å². The molecule has 1 aromatic heterocycles. The largest absolute Gasteiger partial charge is 0.497 e. The molecule has 0 radical (unpaired) electrons. The molecule has 0 aliphatic carbocycles. The Hall–Kier alpha value is -1.35. The average Bonchev–Trinajstić information content (AvgIpc) is 3.01. The molecule has 8 heteroatoms. The number of nitrogens with one attached hydrogen (secondary N) is 1. The Labute approximate surface area is 137 Å². The molecule has 1 N–H and O–H groups in total. The highest BCUT2D eigenvalue weighted by Crippen LogP contribution is 2.29. The molecule has 2 aromatic rings. The fourth-order valence-corrected chi connectivity index (χ4v) is 3.80. The number of aromatic nitrogens is 2. The molecule has 3 rings (SSSR count). The maximum Gasteiger partial charge on any atom is 0.210 e. The summed E-state index contributed by atoms with van der Waals surface area (Å²) < 4.78 is 16.8. The Morgan fingerprint density at radius 2 is 2.41 bits per heavy atom. The van der Waals surface area contributed by atoms with Gasteiger partial charge in [0.2, 0.25) is 5.13 Å². The summed E-state index contributed by atoms with van der Waals surface area (Å²) >= 11 is 3.20. The standard InChI is InChI=1S/C14H17N3O3S2/c1-18-11-4-2-3-10(7-11)15-13-16-17-14(22-13)21-8-12-5-6-19-9-20-12/h2-4,7,12H,5-6,8-9H2,1H3,(H,15,16). The van der Waals surface area contributed by atoms with E-state index < -0.39 is 0 Å². The topological polar surface area (TPSA) is 65.5 Å². The van der Waals surface area contributed by atoms with Gasteiger partial charge in [0.1, 0.15) is 12.5 Å². The highest BCUT2D eigenvalue weighted by atomic mass is 32.2. The van der Waals surface area contributed by atoms with Gasteiger partial charge < -0.3 is 19.5 Å². The minimum atomic E-state index is 0.234. The normalized spacial score (nSPS) is 18.1. The highest BCUT2D eigenvalue weighted by Gasteiger charge is 2.15. The van der Waals surface area contributed by atoms with Gasteiger partial charge in [-0.05, 0) is 18.6 Å². The lowest BCUT2D eigenvalue weighted by molar-refractivity contribution is -0.130. The van der Waals surface area contributed by atoms with Gasteiger partial charge in [-0.1, -0.05) is 29.2 Å². The van der Waals surface area contributed by atoms with E-state index in [1.807, 2.05) is 24.3 Å². The van der Waals surface area contributed by atoms with Crippen LogP contribution < -0.4 is 10.1 Å². The van der Waals surface area contributed by atoms with Gasteiger partial charge in [-0.15, -0.1) is 10.2 Å². The maximum absolute atomic E-state index is 5.51. The van der Waals surface area contributed by atoms with Crippen molar-refractivity contribution in [3.63, 3.8) is 0 Å². The van der Waals surface area contributed by atoms with Crippen molar-refractivity contribution in [1.82, 2.24) is 10.2 Å². The summed E-state index contributed by atoms with van der Waals surface area (Å²) in [6.07, 6.45) is 1.17. The fraction of sp³-hybridized carbons (Fsp3) is 0.429. The maximum atomic E-state index is 5.51. The van der Waals surface area contributed by atoms with E-state index >= 15 is 0 Å². The molecule has 22 heavy (non-hydrogen) atoms. The van der Waals surface area contributed by atoms with E-state index in [2.05, 4.69) is 15.5 Å². The molecule has 1 fully saturated rings. The summed E-state index contributed by atoms with van der Waals surface area (Å²) in [4.78, 5) is 0. The van der Waals surface area contributed by atoms with Gasteiger partial charge >= 0.3 is 0 Å². The zero-order valence-corrected chi connectivity index (χ0v) is 13.8. The quantitative estimate of drug-likeness (QED) is 0.811. The molecule has 1 aliphatic heterocycles. The first kappa shape index (κ1) is 15.5. The van der Waals surface area contributed by atoms with Gasteiger partial charge in [-0.2, -0.15) is 0 Å². The average molecular weight is 339 g/mol. The van der Waals surface area contributed by atoms with Crippen LogP contribution in [-0.4, -0.2) is 42.6 Å². The van der Waals surface area contributed by atoms with E-state index in [1.54, 1.807) is 18.9 Å². The molecule has 1 unspecified atom stereocenters. The van der Waals surface area contributed by atoms with E-state index in [-0.39, 0.29) is 6.10 Å². The molecule has 1 aromatic carbocycles. The number of rotatable bonds is 6. The number of nitrogens with zero attached hydrogens (tertiary/aromatic N) is 2. The van der Waals surface area contributed by atoms with Crippen molar-refractivity contribution in [2.24, 2.45) is 0 Å². The molecule has 0 bridgehead atoms. The van der Waals surface area contributed by atoms with E-state index in [4.69, 9.17) is 14.2 Å². The molecule has 6 nitrogen and oxygen atoms in total. The van der Waals surface area contributed by atoms with Crippen molar-refractivity contribution in [1.29, 1.82) is 0 Å². The van der Waals surface area contributed by atoms with E-state index in [0.717, 1.165) is 39.7 Å². The Morgan fingerprint density at radius 3 is 3.23 bits per heavy atom. The van der Waals surface area contributed by atoms with Gasteiger partial charge in [0, 0.05) is 17.5 Å². The highest BCUT2D eigenvalue weighted by molar-refractivity contribution is 8.01. The van der Waals surface area contributed by atoms with Gasteiger partial charge in [-0.25, -0.2) is 0 Å². The molecule has 1 atom stereocenters. The molecule has 0 amide bonds. The molecular weight excluding hydrogens is 322 g/mol. The number of ether oxygens (including phenoxy) is 3. The molecule has 2 heterocycles. The summed E-state index contributed by atoms with van der Waals surface area (Å²) in [6, 6.07) is 7.72. The van der Waals surface area contributed by atoms with E-state index in [0.29, 0.717) is 6.79 Å². The Kier molecular flexibility index (Phi) is 5.49. The lowest BCUT2D eigenvalue weighted by Gasteiger charge is -2.21. The fourth-order valence-electron chi connectivity index (χ4n) is 1.94. The number of benzene rings is 1. The summed E-state index contributed by atoms with van der Waals surface area (Å²) in [6.45, 7) is 1.16. The van der Waals surface area contributed by atoms with Gasteiger partial charge in [0.05, 0.1) is 19.8 Å². The van der Waals surface area contributed by atoms with Crippen LogP contribution >= 0.6 is 23.1 Å². The van der Waals surface area contributed by atoms with Crippen LogP contribution in [0.5, 0.6) is 5.75 Å². The number of methoxy groups -OCH3 is 1. The van der Waals surface area contributed by atoms with Crippen molar-refractivity contribution in [3.8, 4) is 5.75 Å². The molecule has 0 saturated carbocycles. The van der Waals surface area contributed by atoms with Crippen LogP contribution in [0, 0.1) is 0 Å². The SMILES string of the molecule is COc1cccc(Nc2nnc(SCC3CCOCO3)s2)c1. The molecule has 1 aliphatic rings. The predicted molar refractivity (Wildman–Crippen MR) is 87.2 cm³/mol. The van der Waals surface area contributed by atoms with Crippen molar-refractivity contribution in [2.75, 3.05) is 31.6 Å². The number of anilines is 2. The van der Waals surface area contributed by atoms with Crippen molar-refractivity contribution >= 4 is 33.9 Å².